The van der Waals surface area contributed by atoms with Gasteiger partial charge in [0, 0.05) is 37.3 Å². The van der Waals surface area contributed by atoms with Gasteiger partial charge in [-0.2, -0.15) is 0 Å². The highest BCUT2D eigenvalue weighted by Gasteiger charge is 2.18. The Kier molecular flexibility index (Phi) is 3.48. The van der Waals surface area contributed by atoms with Gasteiger partial charge in [-0.3, -0.25) is 10.1 Å². The lowest BCUT2D eigenvalue weighted by Gasteiger charge is -2.24. The van der Waals surface area contributed by atoms with Gasteiger partial charge >= 0.3 is 0 Å². The van der Waals surface area contributed by atoms with Crippen molar-refractivity contribution in [3.8, 4) is 0 Å². The molecule has 0 bridgehead atoms. The van der Waals surface area contributed by atoms with Crippen molar-refractivity contribution in [2.24, 2.45) is 0 Å². The van der Waals surface area contributed by atoms with Crippen LogP contribution in [0.1, 0.15) is 5.56 Å². The third-order valence-corrected chi connectivity index (χ3v) is 2.78. The van der Waals surface area contributed by atoms with Crippen LogP contribution < -0.4 is 10.6 Å². The van der Waals surface area contributed by atoms with Crippen LogP contribution >= 0.6 is 0 Å². The van der Waals surface area contributed by atoms with Crippen LogP contribution in [0.5, 0.6) is 0 Å². The minimum atomic E-state index is -0.314. The highest BCUT2D eigenvalue weighted by molar-refractivity contribution is 5.40. The summed E-state index contributed by atoms with van der Waals surface area (Å²) in [4.78, 5) is 10.5. The van der Waals surface area contributed by atoms with Crippen LogP contribution in [0.15, 0.2) is 24.3 Å². The average molecular weight is 221 g/mol. The van der Waals surface area contributed by atoms with Gasteiger partial charge < -0.3 is 10.6 Å². The monoisotopic (exact) mass is 221 g/mol. The molecule has 1 aliphatic rings. The molecule has 2 rings (SSSR count). The molecule has 5 nitrogen and oxygen atoms in total. The molecule has 1 fully saturated rings. The summed E-state index contributed by atoms with van der Waals surface area (Å²) in [6, 6.07) is 7.22. The molecule has 1 aromatic carbocycles. The fourth-order valence-corrected chi connectivity index (χ4v) is 1.98. The molecule has 0 unspecified atom stereocenters. The van der Waals surface area contributed by atoms with Crippen molar-refractivity contribution in [3.63, 3.8) is 0 Å². The molecule has 2 N–H and O–H groups in total. The minimum Gasteiger partial charge on any atom is -0.314 e. The Bertz CT molecular complexity index is 375. The van der Waals surface area contributed by atoms with Crippen LogP contribution in [0.4, 0.5) is 5.69 Å². The number of hydrogen-bond acceptors (Lipinski definition) is 4. The van der Waals surface area contributed by atoms with Gasteiger partial charge in [-0.05, 0) is 6.42 Å². The summed E-state index contributed by atoms with van der Waals surface area (Å²) in [5.74, 6) is 0. The highest BCUT2D eigenvalue weighted by Crippen LogP contribution is 2.19. The van der Waals surface area contributed by atoms with E-state index in [0.29, 0.717) is 6.42 Å². The number of nitrogens with zero attached hydrogens (tertiary/aromatic N) is 1. The first-order chi connectivity index (χ1) is 7.77. The summed E-state index contributed by atoms with van der Waals surface area (Å²) in [5.41, 5.74) is 1.02. The summed E-state index contributed by atoms with van der Waals surface area (Å²) in [6.45, 7) is 2.75. The van der Waals surface area contributed by atoms with Gasteiger partial charge in [-0.1, -0.05) is 18.2 Å². The second-order valence-electron chi connectivity index (χ2n) is 3.95. The molecule has 86 valence electrons. The molecule has 1 atom stereocenters. The maximum absolute atomic E-state index is 10.8. The number of nitro groups is 1. The van der Waals surface area contributed by atoms with Gasteiger partial charge in [-0.25, -0.2) is 0 Å². The van der Waals surface area contributed by atoms with Gasteiger partial charge in [0.25, 0.3) is 5.69 Å². The van der Waals surface area contributed by atoms with Crippen molar-refractivity contribution in [1.29, 1.82) is 0 Å². The number of piperazine rings is 1. The SMILES string of the molecule is O=[N+]([O-])c1ccccc1C[C@H]1CNCCN1. The zero-order valence-electron chi connectivity index (χ0n) is 8.98. The first kappa shape index (κ1) is 11.0. The van der Waals surface area contributed by atoms with Gasteiger partial charge in [0.2, 0.25) is 0 Å². The molecule has 0 saturated carbocycles. The summed E-state index contributed by atoms with van der Waals surface area (Å²) in [5, 5.41) is 17.5. The predicted octanol–water partition coefficient (Wildman–Crippen LogP) is 0.699. The van der Waals surface area contributed by atoms with E-state index in [-0.39, 0.29) is 16.7 Å². The normalized spacial score (nSPS) is 20.6. The molecular formula is C11H15N3O2. The summed E-state index contributed by atoms with van der Waals surface area (Å²) < 4.78 is 0. The Balaban J connectivity index is 2.10. The van der Waals surface area contributed by atoms with Crippen LogP contribution in [0.2, 0.25) is 0 Å². The number of hydrogen-bond donors (Lipinski definition) is 2. The zero-order chi connectivity index (χ0) is 11.4. The topological polar surface area (TPSA) is 67.2 Å². The molecule has 0 radical (unpaired) electrons. The zero-order valence-corrected chi connectivity index (χ0v) is 8.98. The number of nitrogens with one attached hydrogen (secondary N) is 2. The van der Waals surface area contributed by atoms with E-state index in [2.05, 4.69) is 10.6 Å². The Morgan fingerprint density at radius 2 is 2.19 bits per heavy atom. The molecule has 1 aromatic rings. The molecule has 0 aliphatic carbocycles. The molecule has 0 spiro atoms. The lowest BCUT2D eigenvalue weighted by Crippen LogP contribution is -2.49. The molecule has 1 saturated heterocycles. The second kappa shape index (κ2) is 5.05. The smallest absolute Gasteiger partial charge is 0.272 e. The van der Waals surface area contributed by atoms with Crippen molar-refractivity contribution in [2.75, 3.05) is 19.6 Å². The van der Waals surface area contributed by atoms with Gasteiger partial charge in [0.1, 0.15) is 0 Å². The van der Waals surface area contributed by atoms with Crippen LogP contribution in [-0.2, 0) is 6.42 Å². The van der Waals surface area contributed by atoms with E-state index in [1.54, 1.807) is 12.1 Å². The molecule has 16 heavy (non-hydrogen) atoms. The van der Waals surface area contributed by atoms with Gasteiger partial charge in [0.15, 0.2) is 0 Å². The maximum Gasteiger partial charge on any atom is 0.272 e. The van der Waals surface area contributed by atoms with Crippen molar-refractivity contribution in [2.45, 2.75) is 12.5 Å². The lowest BCUT2D eigenvalue weighted by molar-refractivity contribution is -0.385. The molecule has 0 aromatic heterocycles. The fourth-order valence-electron chi connectivity index (χ4n) is 1.98. The van der Waals surface area contributed by atoms with E-state index < -0.39 is 0 Å². The van der Waals surface area contributed by atoms with Crippen molar-refractivity contribution < 1.29 is 4.92 Å². The van der Waals surface area contributed by atoms with Crippen molar-refractivity contribution in [3.05, 3.63) is 39.9 Å². The fraction of sp³-hybridized carbons (Fsp3) is 0.455. The largest absolute Gasteiger partial charge is 0.314 e. The van der Waals surface area contributed by atoms with E-state index in [0.717, 1.165) is 25.2 Å². The van der Waals surface area contributed by atoms with Crippen LogP contribution in [0.3, 0.4) is 0 Å². The third kappa shape index (κ3) is 2.56. The first-order valence-electron chi connectivity index (χ1n) is 5.44. The minimum absolute atomic E-state index is 0.217. The van der Waals surface area contributed by atoms with Crippen LogP contribution in [0, 0.1) is 10.1 Å². The predicted molar refractivity (Wildman–Crippen MR) is 61.5 cm³/mol. The van der Waals surface area contributed by atoms with Crippen LogP contribution in [0.25, 0.3) is 0 Å². The average Bonchev–Trinajstić information content (AvgIpc) is 2.31. The summed E-state index contributed by atoms with van der Waals surface area (Å²) in [6.07, 6.45) is 0.699. The molecular weight excluding hydrogens is 206 g/mol. The highest BCUT2D eigenvalue weighted by atomic mass is 16.6. The van der Waals surface area contributed by atoms with E-state index in [9.17, 15) is 10.1 Å². The molecule has 1 heterocycles. The molecule has 0 amide bonds. The standard InChI is InChI=1S/C11H15N3O2/c15-14(16)11-4-2-1-3-9(11)7-10-8-12-5-6-13-10/h1-4,10,12-13H,5-8H2/t10-/m0/s1. The first-order valence-corrected chi connectivity index (χ1v) is 5.44. The third-order valence-electron chi connectivity index (χ3n) is 2.78. The Morgan fingerprint density at radius 1 is 1.38 bits per heavy atom. The Labute approximate surface area is 94.0 Å². The van der Waals surface area contributed by atoms with Crippen LogP contribution in [-0.4, -0.2) is 30.6 Å². The van der Waals surface area contributed by atoms with E-state index in [1.807, 2.05) is 12.1 Å². The lowest BCUT2D eigenvalue weighted by atomic mass is 10.0. The molecule has 1 aliphatic heterocycles. The Morgan fingerprint density at radius 3 is 2.88 bits per heavy atom. The maximum atomic E-state index is 10.8. The van der Waals surface area contributed by atoms with E-state index in [1.165, 1.54) is 0 Å². The summed E-state index contributed by atoms with van der Waals surface area (Å²) in [7, 11) is 0. The quantitative estimate of drug-likeness (QED) is 0.582. The van der Waals surface area contributed by atoms with Crippen molar-refractivity contribution >= 4 is 5.69 Å². The molecule has 5 heteroatoms. The number of para-hydroxylation sites is 1. The van der Waals surface area contributed by atoms with E-state index >= 15 is 0 Å². The number of benzene rings is 1. The number of rotatable bonds is 3. The summed E-state index contributed by atoms with van der Waals surface area (Å²) >= 11 is 0. The van der Waals surface area contributed by atoms with Crippen molar-refractivity contribution in [1.82, 2.24) is 10.6 Å². The van der Waals surface area contributed by atoms with Gasteiger partial charge in [0.05, 0.1) is 4.92 Å². The number of nitro benzene ring substituents is 1. The van der Waals surface area contributed by atoms with Gasteiger partial charge in [-0.15, -0.1) is 0 Å². The Hall–Kier alpha value is -1.46. The second-order valence-corrected chi connectivity index (χ2v) is 3.95. The van der Waals surface area contributed by atoms with E-state index in [4.69, 9.17) is 0 Å².